The number of halogens is 2. The Hall–Kier alpha value is -1.65. The molecule has 0 spiro atoms. The van der Waals surface area contributed by atoms with Gasteiger partial charge in [-0.1, -0.05) is 20.8 Å². The maximum absolute atomic E-state index is 13.8. The molecule has 0 saturated carbocycles. The van der Waals surface area contributed by atoms with Crippen molar-refractivity contribution >= 4 is 5.91 Å². The van der Waals surface area contributed by atoms with Gasteiger partial charge in [0.1, 0.15) is 17.4 Å². The zero-order chi connectivity index (χ0) is 13.9. The molecular weight excluding hydrogens is 240 g/mol. The Bertz CT molecular complexity index is 453. The van der Waals surface area contributed by atoms with Gasteiger partial charge in [-0.25, -0.2) is 8.78 Å². The number of amides is 1. The van der Waals surface area contributed by atoms with Crippen LogP contribution in [0.5, 0.6) is 5.75 Å². The van der Waals surface area contributed by atoms with E-state index in [1.807, 2.05) is 0 Å². The molecule has 1 N–H and O–H groups in total. The molecule has 0 aliphatic carbocycles. The van der Waals surface area contributed by atoms with Crippen molar-refractivity contribution in [3.63, 3.8) is 0 Å². The first kappa shape index (κ1) is 14.4. The molecule has 5 heteroatoms. The van der Waals surface area contributed by atoms with Gasteiger partial charge in [-0.2, -0.15) is 0 Å². The number of ether oxygens (including phenoxy) is 1. The van der Waals surface area contributed by atoms with Crippen LogP contribution in [0.3, 0.4) is 0 Å². The van der Waals surface area contributed by atoms with Gasteiger partial charge >= 0.3 is 0 Å². The third-order valence-corrected chi connectivity index (χ3v) is 2.41. The minimum Gasteiger partial charge on any atom is -0.483 e. The van der Waals surface area contributed by atoms with Crippen LogP contribution in [0.25, 0.3) is 0 Å². The summed E-state index contributed by atoms with van der Waals surface area (Å²) in [6.07, 6.45) is 0. The van der Waals surface area contributed by atoms with Crippen molar-refractivity contribution < 1.29 is 18.3 Å². The minimum atomic E-state index is -0.729. The van der Waals surface area contributed by atoms with E-state index in [9.17, 15) is 13.6 Å². The Labute approximate surface area is 105 Å². The first-order valence-corrected chi connectivity index (χ1v) is 5.58. The van der Waals surface area contributed by atoms with Crippen molar-refractivity contribution in [1.29, 1.82) is 0 Å². The molecule has 18 heavy (non-hydrogen) atoms. The summed E-state index contributed by atoms with van der Waals surface area (Å²) in [5.74, 6) is -1.70. The van der Waals surface area contributed by atoms with E-state index in [-0.39, 0.29) is 23.8 Å². The second-order valence-corrected chi connectivity index (χ2v) is 4.97. The van der Waals surface area contributed by atoms with Crippen LogP contribution in [0.4, 0.5) is 8.78 Å². The van der Waals surface area contributed by atoms with Gasteiger partial charge < -0.3 is 10.1 Å². The third-order valence-electron chi connectivity index (χ3n) is 2.41. The predicted octanol–water partition coefficient (Wildman–Crippen LogP) is 2.39. The molecule has 1 aromatic carbocycles. The summed E-state index contributed by atoms with van der Waals surface area (Å²) >= 11 is 0. The molecule has 1 amide bonds. The maximum Gasteiger partial charge on any atom is 0.257 e. The van der Waals surface area contributed by atoms with E-state index in [2.05, 4.69) is 5.32 Å². The van der Waals surface area contributed by atoms with Gasteiger partial charge in [0.25, 0.3) is 5.91 Å². The fourth-order valence-corrected chi connectivity index (χ4v) is 1.61. The quantitative estimate of drug-likeness (QED) is 0.903. The lowest BCUT2D eigenvalue weighted by molar-refractivity contribution is -0.122. The van der Waals surface area contributed by atoms with Crippen LogP contribution in [0.1, 0.15) is 26.3 Å². The van der Waals surface area contributed by atoms with Crippen LogP contribution in [0.15, 0.2) is 12.1 Å². The lowest BCUT2D eigenvalue weighted by Crippen LogP contribution is -2.26. The van der Waals surface area contributed by atoms with E-state index >= 15 is 0 Å². The van der Waals surface area contributed by atoms with E-state index in [0.717, 1.165) is 12.1 Å². The standard InChI is InChI=1S/C13H17F2NO2/c1-13(2,3)12-9(15)5-8(14)6-10(12)18-7-11(17)16-4/h5-6H,7H2,1-4H3,(H,16,17). The molecule has 0 aromatic heterocycles. The zero-order valence-electron chi connectivity index (χ0n) is 10.9. The van der Waals surface area contributed by atoms with Gasteiger partial charge in [0.2, 0.25) is 0 Å². The molecule has 0 aliphatic heterocycles. The Morgan fingerprint density at radius 3 is 2.44 bits per heavy atom. The van der Waals surface area contributed by atoms with Gasteiger partial charge in [-0.3, -0.25) is 4.79 Å². The van der Waals surface area contributed by atoms with Gasteiger partial charge in [0.05, 0.1) is 0 Å². The fraction of sp³-hybridized carbons (Fsp3) is 0.462. The molecule has 0 heterocycles. The lowest BCUT2D eigenvalue weighted by atomic mass is 9.86. The van der Waals surface area contributed by atoms with Crippen LogP contribution < -0.4 is 10.1 Å². The van der Waals surface area contributed by atoms with Gasteiger partial charge in [0.15, 0.2) is 6.61 Å². The number of carbonyl (C=O) groups excluding carboxylic acids is 1. The Kier molecular flexibility index (Phi) is 4.27. The van der Waals surface area contributed by atoms with Crippen LogP contribution in [0, 0.1) is 11.6 Å². The third kappa shape index (κ3) is 3.42. The van der Waals surface area contributed by atoms with Crippen molar-refractivity contribution in [3.05, 3.63) is 29.3 Å². The second kappa shape index (κ2) is 5.33. The molecule has 0 fully saturated rings. The first-order valence-electron chi connectivity index (χ1n) is 5.58. The van der Waals surface area contributed by atoms with Gasteiger partial charge in [-0.15, -0.1) is 0 Å². The molecule has 0 atom stereocenters. The minimum absolute atomic E-state index is 0.0589. The van der Waals surface area contributed by atoms with E-state index in [4.69, 9.17) is 4.74 Å². The monoisotopic (exact) mass is 257 g/mol. The highest BCUT2D eigenvalue weighted by Crippen LogP contribution is 2.34. The van der Waals surface area contributed by atoms with E-state index in [1.54, 1.807) is 20.8 Å². The lowest BCUT2D eigenvalue weighted by Gasteiger charge is -2.23. The van der Waals surface area contributed by atoms with E-state index < -0.39 is 17.0 Å². The molecule has 0 radical (unpaired) electrons. The molecule has 0 saturated heterocycles. The van der Waals surface area contributed by atoms with Crippen molar-refractivity contribution in [2.75, 3.05) is 13.7 Å². The average Bonchev–Trinajstić information content (AvgIpc) is 2.22. The summed E-state index contributed by atoms with van der Waals surface area (Å²) in [6.45, 7) is 5.09. The normalized spacial score (nSPS) is 11.2. The van der Waals surface area contributed by atoms with Crippen molar-refractivity contribution in [2.24, 2.45) is 0 Å². The number of hydrogen-bond acceptors (Lipinski definition) is 2. The first-order chi connectivity index (χ1) is 8.25. The molecule has 3 nitrogen and oxygen atoms in total. The molecule has 0 unspecified atom stereocenters. The number of carbonyl (C=O) groups is 1. The molecule has 100 valence electrons. The molecule has 0 aliphatic rings. The second-order valence-electron chi connectivity index (χ2n) is 4.97. The highest BCUT2D eigenvalue weighted by molar-refractivity contribution is 5.77. The van der Waals surface area contributed by atoms with E-state index in [1.165, 1.54) is 7.05 Å². The van der Waals surface area contributed by atoms with Crippen LogP contribution in [0.2, 0.25) is 0 Å². The van der Waals surface area contributed by atoms with Gasteiger partial charge in [-0.05, 0) is 5.41 Å². The molecule has 1 aromatic rings. The molecular formula is C13H17F2NO2. The Morgan fingerprint density at radius 2 is 1.94 bits per heavy atom. The molecule has 0 bridgehead atoms. The van der Waals surface area contributed by atoms with Crippen LogP contribution in [-0.2, 0) is 10.2 Å². The largest absolute Gasteiger partial charge is 0.483 e. The summed E-state index contributed by atoms with van der Waals surface area (Å²) in [5.41, 5.74) is -0.289. The highest BCUT2D eigenvalue weighted by Gasteiger charge is 2.25. The topological polar surface area (TPSA) is 38.3 Å². The van der Waals surface area contributed by atoms with Crippen molar-refractivity contribution in [1.82, 2.24) is 5.32 Å². The number of nitrogens with one attached hydrogen (secondary N) is 1. The summed E-state index contributed by atoms with van der Waals surface area (Å²) < 4.78 is 32.2. The average molecular weight is 257 g/mol. The number of hydrogen-bond donors (Lipinski definition) is 1. The zero-order valence-corrected chi connectivity index (χ0v) is 10.9. The number of likely N-dealkylation sites (N-methyl/N-ethyl adjacent to an activating group) is 1. The smallest absolute Gasteiger partial charge is 0.257 e. The summed E-state index contributed by atoms with van der Waals surface area (Å²) in [4.78, 5) is 11.1. The molecule has 1 rings (SSSR count). The Morgan fingerprint density at radius 1 is 1.33 bits per heavy atom. The Balaban J connectivity index is 3.12. The summed E-state index contributed by atoms with van der Waals surface area (Å²) in [5, 5.41) is 2.37. The van der Waals surface area contributed by atoms with Crippen LogP contribution >= 0.6 is 0 Å². The van der Waals surface area contributed by atoms with Crippen molar-refractivity contribution in [3.8, 4) is 5.75 Å². The number of benzene rings is 1. The van der Waals surface area contributed by atoms with Crippen molar-refractivity contribution in [2.45, 2.75) is 26.2 Å². The number of rotatable bonds is 3. The van der Waals surface area contributed by atoms with E-state index in [0.29, 0.717) is 0 Å². The maximum atomic E-state index is 13.8. The van der Waals surface area contributed by atoms with Crippen LogP contribution in [-0.4, -0.2) is 19.6 Å². The summed E-state index contributed by atoms with van der Waals surface area (Å²) in [7, 11) is 1.46. The van der Waals surface area contributed by atoms with Gasteiger partial charge in [0, 0.05) is 24.7 Å². The SMILES string of the molecule is CNC(=O)COc1cc(F)cc(F)c1C(C)(C)C. The highest BCUT2D eigenvalue weighted by atomic mass is 19.1. The summed E-state index contributed by atoms with van der Waals surface area (Å²) in [6, 6.07) is 1.90. The fourth-order valence-electron chi connectivity index (χ4n) is 1.61. The predicted molar refractivity (Wildman–Crippen MR) is 64.6 cm³/mol.